The first-order valence-electron chi connectivity index (χ1n) is 12.5. The second-order valence-corrected chi connectivity index (χ2v) is 13.1. The molecule has 0 spiro atoms. The average Bonchev–Trinajstić information content (AvgIpc) is 2.86. The highest BCUT2D eigenvalue weighted by atomic mass is 32.2. The first kappa shape index (κ1) is 29.5. The molecule has 0 bridgehead atoms. The minimum atomic E-state index is -4.42. The molecule has 8 nitrogen and oxygen atoms in total. The normalized spacial score (nSPS) is 20.2. The number of fused-ring (bicyclic) bond motifs is 1. The van der Waals surface area contributed by atoms with Crippen molar-refractivity contribution in [2.45, 2.75) is 69.0 Å². The molecule has 2 aliphatic rings. The summed E-state index contributed by atoms with van der Waals surface area (Å²) < 4.78 is 87.0. The molecule has 1 aliphatic heterocycles. The van der Waals surface area contributed by atoms with Gasteiger partial charge in [-0.2, -0.15) is 0 Å². The third-order valence-electron chi connectivity index (χ3n) is 6.52. The van der Waals surface area contributed by atoms with Crippen molar-refractivity contribution < 1.29 is 45.1 Å². The van der Waals surface area contributed by atoms with Crippen molar-refractivity contribution in [1.29, 1.82) is 0 Å². The Kier molecular flexibility index (Phi) is 7.74. The molecule has 1 saturated carbocycles. The van der Waals surface area contributed by atoms with Crippen molar-refractivity contribution in [1.82, 2.24) is 5.32 Å². The number of carbonyl (C=O) groups excluding carboxylic acids is 3. The van der Waals surface area contributed by atoms with Crippen molar-refractivity contribution in [2.75, 3.05) is 10.7 Å². The summed E-state index contributed by atoms with van der Waals surface area (Å²) in [5.74, 6) is -7.95. The lowest BCUT2D eigenvalue weighted by Crippen LogP contribution is -2.51. The Morgan fingerprint density at radius 2 is 1.73 bits per heavy atom. The smallest absolute Gasteiger partial charge is 0.408 e. The Bertz CT molecular complexity index is 1450. The van der Waals surface area contributed by atoms with Crippen LogP contribution in [0.3, 0.4) is 0 Å². The van der Waals surface area contributed by atoms with Crippen LogP contribution in [0.1, 0.15) is 56.0 Å². The second kappa shape index (κ2) is 10.5. The van der Waals surface area contributed by atoms with Crippen molar-refractivity contribution in [3.63, 3.8) is 0 Å². The lowest BCUT2D eigenvalue weighted by molar-refractivity contribution is -0.120. The van der Waals surface area contributed by atoms with Crippen LogP contribution in [0.5, 0.6) is 0 Å². The predicted molar refractivity (Wildman–Crippen MR) is 136 cm³/mol. The van der Waals surface area contributed by atoms with Crippen molar-refractivity contribution in [3.05, 3.63) is 59.2 Å². The fourth-order valence-corrected chi connectivity index (χ4v) is 6.31. The van der Waals surface area contributed by atoms with Crippen LogP contribution in [0.25, 0.3) is 0 Å². The summed E-state index contributed by atoms with van der Waals surface area (Å²) in [5, 5.41) is 2.26. The molecule has 0 radical (unpaired) electrons. The Hall–Kier alpha value is -3.48. The molecule has 1 atom stereocenters. The molecule has 2 aromatic carbocycles. The maximum absolute atomic E-state index is 15.1. The van der Waals surface area contributed by atoms with Crippen LogP contribution in [0.4, 0.5) is 28.0 Å². The van der Waals surface area contributed by atoms with Crippen molar-refractivity contribution >= 4 is 33.3 Å². The topological polar surface area (TPSA) is 110 Å². The molecule has 216 valence electrons. The minimum Gasteiger partial charge on any atom is -0.444 e. The summed E-state index contributed by atoms with van der Waals surface area (Å²) in [6, 6.07) is 4.84. The molecule has 4 rings (SSSR count). The van der Waals surface area contributed by atoms with E-state index < -0.39 is 91.8 Å². The van der Waals surface area contributed by atoms with Crippen LogP contribution in [-0.4, -0.2) is 49.5 Å². The first-order chi connectivity index (χ1) is 18.4. The zero-order chi connectivity index (χ0) is 29.6. The molecule has 13 heteroatoms. The van der Waals surface area contributed by atoms with Gasteiger partial charge >= 0.3 is 6.09 Å². The third-order valence-corrected chi connectivity index (χ3v) is 8.29. The standard InChI is InChI=1S/C27H28F4N2O6S/c1-26(2,3)39-25(36)32-20-14-40(37,38)23-10-19(29)18(22(34)8-16-11-27(30,31)12-16)9-21(23)33(24(20)35)13-15-4-6-17(28)7-5-15/h4-7,9-10,16,20H,8,11-14H2,1-3H3,(H,32,36)/t20-/m0/s1. The number of ether oxygens (including phenoxy) is 1. The van der Waals surface area contributed by atoms with E-state index in [0.717, 1.165) is 23.1 Å². The monoisotopic (exact) mass is 584 g/mol. The van der Waals surface area contributed by atoms with Gasteiger partial charge in [0.25, 0.3) is 5.91 Å². The summed E-state index contributed by atoms with van der Waals surface area (Å²) in [7, 11) is -4.42. The number of halogens is 4. The number of hydrogen-bond acceptors (Lipinski definition) is 6. The second-order valence-electron chi connectivity index (χ2n) is 11.1. The molecular formula is C27H28F4N2O6S. The number of anilines is 1. The largest absolute Gasteiger partial charge is 0.444 e. The van der Waals surface area contributed by atoms with Gasteiger partial charge in [0.15, 0.2) is 15.6 Å². The van der Waals surface area contributed by atoms with Crippen LogP contribution in [0.2, 0.25) is 0 Å². The minimum absolute atomic E-state index is 0.317. The molecule has 1 heterocycles. The maximum atomic E-state index is 15.1. The molecule has 1 fully saturated rings. The zero-order valence-electron chi connectivity index (χ0n) is 22.0. The van der Waals surface area contributed by atoms with Crippen molar-refractivity contribution in [2.24, 2.45) is 5.92 Å². The van der Waals surface area contributed by atoms with E-state index in [1.807, 2.05) is 0 Å². The number of ketones is 1. The van der Waals surface area contributed by atoms with Gasteiger partial charge < -0.3 is 15.0 Å². The summed E-state index contributed by atoms with van der Waals surface area (Å²) in [4.78, 5) is 39.4. The van der Waals surface area contributed by atoms with Crippen LogP contribution in [-0.2, 0) is 25.9 Å². The SMILES string of the molecule is CC(C)(C)OC(=O)N[C@H]1CS(=O)(=O)c2cc(F)c(C(=O)CC3CC(F)(F)C3)cc2N(Cc2ccc(F)cc2)C1=O. The zero-order valence-corrected chi connectivity index (χ0v) is 22.8. The predicted octanol–water partition coefficient (Wildman–Crippen LogP) is 4.80. The number of Topliss-reactive ketones (excluding diaryl/α,β-unsaturated/α-hetero) is 1. The lowest BCUT2D eigenvalue weighted by Gasteiger charge is -2.34. The maximum Gasteiger partial charge on any atom is 0.408 e. The first-order valence-corrected chi connectivity index (χ1v) is 14.1. The summed E-state index contributed by atoms with van der Waals surface area (Å²) in [5.41, 5.74) is -1.48. The van der Waals surface area contributed by atoms with E-state index in [0.29, 0.717) is 11.6 Å². The number of carbonyl (C=O) groups is 3. The molecule has 0 saturated heterocycles. The number of rotatable bonds is 6. The van der Waals surface area contributed by atoms with E-state index in [1.54, 1.807) is 20.8 Å². The quantitative estimate of drug-likeness (QED) is 0.386. The van der Waals surface area contributed by atoms with Gasteiger partial charge in [0, 0.05) is 19.3 Å². The highest BCUT2D eigenvalue weighted by Crippen LogP contribution is 2.45. The van der Waals surface area contributed by atoms with E-state index in [2.05, 4.69) is 5.32 Å². The fraction of sp³-hybridized carbons (Fsp3) is 0.444. The van der Waals surface area contributed by atoms with Gasteiger partial charge in [-0.1, -0.05) is 12.1 Å². The number of hydrogen-bond donors (Lipinski definition) is 1. The Morgan fingerprint density at radius 3 is 2.30 bits per heavy atom. The summed E-state index contributed by atoms with van der Waals surface area (Å²) in [6.45, 7) is 4.39. The fourth-order valence-electron chi connectivity index (χ4n) is 4.69. The summed E-state index contributed by atoms with van der Waals surface area (Å²) in [6.07, 6.45) is -2.49. The number of alkyl carbamates (subject to hydrolysis) is 1. The van der Waals surface area contributed by atoms with Crippen molar-refractivity contribution in [3.8, 4) is 0 Å². The van der Waals surface area contributed by atoms with Gasteiger partial charge in [0.1, 0.15) is 23.3 Å². The van der Waals surface area contributed by atoms with E-state index in [9.17, 15) is 36.0 Å². The van der Waals surface area contributed by atoms with E-state index >= 15 is 4.39 Å². The van der Waals surface area contributed by atoms with Crippen LogP contribution < -0.4 is 10.2 Å². The van der Waals surface area contributed by atoms with E-state index in [4.69, 9.17) is 4.74 Å². The average molecular weight is 585 g/mol. The Balaban J connectivity index is 1.76. The molecule has 1 N–H and O–H groups in total. The third kappa shape index (κ3) is 6.62. The molecule has 2 aromatic rings. The van der Waals surface area contributed by atoms with Crippen LogP contribution in [0.15, 0.2) is 41.3 Å². The van der Waals surface area contributed by atoms with Gasteiger partial charge in [0.05, 0.1) is 28.4 Å². The number of sulfone groups is 1. The van der Waals surface area contributed by atoms with Gasteiger partial charge in [0.2, 0.25) is 5.92 Å². The number of nitrogens with zero attached hydrogens (tertiary/aromatic N) is 1. The van der Waals surface area contributed by atoms with Crippen LogP contribution >= 0.6 is 0 Å². The van der Waals surface area contributed by atoms with Gasteiger partial charge in [-0.15, -0.1) is 0 Å². The number of amides is 2. The van der Waals surface area contributed by atoms with Gasteiger partial charge in [-0.05, 0) is 56.5 Å². The molecule has 1 aliphatic carbocycles. The van der Waals surface area contributed by atoms with Crippen LogP contribution in [0, 0.1) is 17.6 Å². The Labute approximate surface area is 228 Å². The molecule has 2 amide bonds. The number of nitrogens with one attached hydrogen (secondary N) is 1. The van der Waals surface area contributed by atoms with E-state index in [-0.39, 0.29) is 18.7 Å². The lowest BCUT2D eigenvalue weighted by atomic mass is 9.77. The molecular weight excluding hydrogens is 556 g/mol. The van der Waals surface area contributed by atoms with E-state index in [1.165, 1.54) is 12.1 Å². The molecule has 0 aromatic heterocycles. The molecule has 0 unspecified atom stereocenters. The Morgan fingerprint density at radius 1 is 1.10 bits per heavy atom. The molecule has 40 heavy (non-hydrogen) atoms. The highest BCUT2D eigenvalue weighted by molar-refractivity contribution is 7.91. The number of benzene rings is 2. The highest BCUT2D eigenvalue weighted by Gasteiger charge is 2.46. The van der Waals surface area contributed by atoms with Gasteiger partial charge in [-0.3, -0.25) is 9.59 Å². The summed E-state index contributed by atoms with van der Waals surface area (Å²) >= 11 is 0. The number of alkyl halides is 2. The van der Waals surface area contributed by atoms with Gasteiger partial charge in [-0.25, -0.2) is 30.8 Å².